The van der Waals surface area contributed by atoms with Gasteiger partial charge in [-0.25, -0.2) is 4.79 Å². The molecule has 0 amide bonds. The predicted octanol–water partition coefficient (Wildman–Crippen LogP) is 3.37. The van der Waals surface area contributed by atoms with Crippen molar-refractivity contribution in [2.24, 2.45) is 0 Å². The van der Waals surface area contributed by atoms with Gasteiger partial charge in [0.15, 0.2) is 0 Å². The third-order valence-electron chi connectivity index (χ3n) is 2.79. The number of para-hydroxylation sites is 1. The van der Waals surface area contributed by atoms with Crippen molar-refractivity contribution in [3.63, 3.8) is 0 Å². The molecule has 23 heavy (non-hydrogen) atoms. The molecule has 0 bridgehead atoms. The van der Waals surface area contributed by atoms with Crippen LogP contribution in [0.2, 0.25) is 0 Å². The number of ether oxygens (including phenoxy) is 3. The van der Waals surface area contributed by atoms with E-state index in [9.17, 15) is 9.59 Å². The molecule has 0 saturated heterocycles. The zero-order chi connectivity index (χ0) is 17.2. The summed E-state index contributed by atoms with van der Waals surface area (Å²) in [5, 5.41) is 0. The molecule has 5 nitrogen and oxygen atoms in total. The van der Waals surface area contributed by atoms with Crippen molar-refractivity contribution in [3.05, 3.63) is 35.4 Å². The van der Waals surface area contributed by atoms with Crippen LogP contribution >= 0.6 is 0 Å². The standard InChI is InChI=1S/C18H24O5/c1-5-21-17(19)12-15(18(20)22-6-2)11-14-9-7-8-10-16(14)23-13(3)4/h7-11,13H,5-6,12H2,1-4H3. The van der Waals surface area contributed by atoms with Gasteiger partial charge in [0.25, 0.3) is 0 Å². The van der Waals surface area contributed by atoms with Crippen molar-refractivity contribution in [1.29, 1.82) is 0 Å². The van der Waals surface area contributed by atoms with Gasteiger partial charge in [-0.05, 0) is 39.8 Å². The van der Waals surface area contributed by atoms with Gasteiger partial charge in [0, 0.05) is 11.1 Å². The van der Waals surface area contributed by atoms with Crippen LogP contribution in [0.25, 0.3) is 6.08 Å². The van der Waals surface area contributed by atoms with Crippen LogP contribution < -0.4 is 4.74 Å². The van der Waals surface area contributed by atoms with Gasteiger partial charge in [-0.3, -0.25) is 4.79 Å². The number of rotatable bonds is 8. The second kappa shape index (κ2) is 9.66. The Bertz CT molecular complexity index is 560. The van der Waals surface area contributed by atoms with Gasteiger partial charge in [0.2, 0.25) is 0 Å². The largest absolute Gasteiger partial charge is 0.490 e. The Kier molecular flexibility index (Phi) is 7.88. The summed E-state index contributed by atoms with van der Waals surface area (Å²) in [6, 6.07) is 7.33. The highest BCUT2D eigenvalue weighted by atomic mass is 16.5. The molecule has 0 atom stereocenters. The van der Waals surface area contributed by atoms with Gasteiger partial charge in [0.1, 0.15) is 5.75 Å². The van der Waals surface area contributed by atoms with Gasteiger partial charge in [-0.15, -0.1) is 0 Å². The number of esters is 2. The molecule has 0 N–H and O–H groups in total. The lowest BCUT2D eigenvalue weighted by Crippen LogP contribution is -2.14. The molecule has 0 aromatic heterocycles. The van der Waals surface area contributed by atoms with Crippen LogP contribution in [0.15, 0.2) is 29.8 Å². The minimum absolute atomic E-state index is 0.000602. The fourth-order valence-electron chi connectivity index (χ4n) is 1.92. The number of hydrogen-bond donors (Lipinski definition) is 0. The molecule has 0 heterocycles. The predicted molar refractivity (Wildman–Crippen MR) is 88.1 cm³/mol. The smallest absolute Gasteiger partial charge is 0.334 e. The molecule has 126 valence electrons. The summed E-state index contributed by atoms with van der Waals surface area (Å²) >= 11 is 0. The van der Waals surface area contributed by atoms with Crippen LogP contribution in [0, 0.1) is 0 Å². The molecular weight excluding hydrogens is 296 g/mol. The lowest BCUT2D eigenvalue weighted by Gasteiger charge is -2.13. The first-order valence-electron chi connectivity index (χ1n) is 7.76. The first kappa shape index (κ1) is 18.7. The van der Waals surface area contributed by atoms with Gasteiger partial charge in [-0.2, -0.15) is 0 Å². The van der Waals surface area contributed by atoms with Crippen LogP contribution in [0.4, 0.5) is 0 Å². The number of hydrogen-bond acceptors (Lipinski definition) is 5. The Morgan fingerprint density at radius 1 is 1.09 bits per heavy atom. The molecule has 0 saturated carbocycles. The number of carbonyl (C=O) groups excluding carboxylic acids is 2. The monoisotopic (exact) mass is 320 g/mol. The van der Waals surface area contributed by atoms with Crippen LogP contribution in [0.5, 0.6) is 5.75 Å². The minimum atomic E-state index is -0.528. The lowest BCUT2D eigenvalue weighted by molar-refractivity contribution is -0.145. The zero-order valence-electron chi connectivity index (χ0n) is 14.1. The molecule has 1 rings (SSSR count). The molecule has 0 spiro atoms. The molecule has 0 aliphatic rings. The van der Waals surface area contributed by atoms with Crippen molar-refractivity contribution in [3.8, 4) is 5.75 Å². The molecular formula is C18H24O5. The highest BCUT2D eigenvalue weighted by molar-refractivity contribution is 5.98. The first-order chi connectivity index (χ1) is 11.0. The van der Waals surface area contributed by atoms with Gasteiger partial charge in [-0.1, -0.05) is 18.2 Å². The fraction of sp³-hybridized carbons (Fsp3) is 0.444. The van der Waals surface area contributed by atoms with E-state index in [0.717, 1.165) is 0 Å². The van der Waals surface area contributed by atoms with Crippen molar-refractivity contribution < 1.29 is 23.8 Å². The van der Waals surface area contributed by atoms with Crippen LogP contribution in [-0.4, -0.2) is 31.3 Å². The summed E-state index contributed by atoms with van der Waals surface area (Å²) in [5.41, 5.74) is 0.957. The number of benzene rings is 1. The normalized spacial score (nSPS) is 11.3. The van der Waals surface area contributed by atoms with E-state index in [2.05, 4.69) is 0 Å². The third-order valence-corrected chi connectivity index (χ3v) is 2.79. The molecule has 5 heteroatoms. The van der Waals surface area contributed by atoms with Crippen molar-refractivity contribution in [1.82, 2.24) is 0 Å². The van der Waals surface area contributed by atoms with Crippen LogP contribution in [-0.2, 0) is 19.1 Å². The Morgan fingerprint density at radius 3 is 2.35 bits per heavy atom. The lowest BCUT2D eigenvalue weighted by atomic mass is 10.1. The summed E-state index contributed by atoms with van der Waals surface area (Å²) in [7, 11) is 0. The van der Waals surface area contributed by atoms with E-state index in [1.54, 1.807) is 19.9 Å². The maximum Gasteiger partial charge on any atom is 0.334 e. The van der Waals surface area contributed by atoms with E-state index in [1.165, 1.54) is 0 Å². The molecule has 0 unspecified atom stereocenters. The SMILES string of the molecule is CCOC(=O)CC(=Cc1ccccc1OC(C)C)C(=O)OCC. The number of carbonyl (C=O) groups is 2. The summed E-state index contributed by atoms with van der Waals surface area (Å²) in [5.74, 6) is -0.345. The highest BCUT2D eigenvalue weighted by Crippen LogP contribution is 2.23. The van der Waals surface area contributed by atoms with E-state index in [4.69, 9.17) is 14.2 Å². The Balaban J connectivity index is 3.12. The molecule has 0 aliphatic heterocycles. The van der Waals surface area contributed by atoms with Gasteiger partial charge >= 0.3 is 11.9 Å². The van der Waals surface area contributed by atoms with Gasteiger partial charge < -0.3 is 14.2 Å². The molecule has 1 aromatic rings. The molecule has 0 radical (unpaired) electrons. The Labute approximate surface area is 137 Å². The zero-order valence-corrected chi connectivity index (χ0v) is 14.1. The fourth-order valence-corrected chi connectivity index (χ4v) is 1.92. The van der Waals surface area contributed by atoms with E-state index in [1.807, 2.05) is 38.1 Å². The van der Waals surface area contributed by atoms with Crippen molar-refractivity contribution in [2.45, 2.75) is 40.2 Å². The second-order valence-corrected chi connectivity index (χ2v) is 5.08. The van der Waals surface area contributed by atoms with E-state index in [0.29, 0.717) is 11.3 Å². The van der Waals surface area contributed by atoms with E-state index in [-0.39, 0.29) is 31.3 Å². The summed E-state index contributed by atoms with van der Waals surface area (Å²) in [4.78, 5) is 23.8. The third kappa shape index (κ3) is 6.55. The Morgan fingerprint density at radius 2 is 1.74 bits per heavy atom. The Hall–Kier alpha value is -2.30. The topological polar surface area (TPSA) is 61.8 Å². The van der Waals surface area contributed by atoms with E-state index >= 15 is 0 Å². The van der Waals surface area contributed by atoms with Crippen LogP contribution in [0.1, 0.15) is 39.7 Å². The molecule has 0 aliphatic carbocycles. The second-order valence-electron chi connectivity index (χ2n) is 5.08. The summed E-state index contributed by atoms with van der Waals surface area (Å²) in [6.45, 7) is 7.79. The summed E-state index contributed by atoms with van der Waals surface area (Å²) in [6.07, 6.45) is 1.48. The minimum Gasteiger partial charge on any atom is -0.490 e. The van der Waals surface area contributed by atoms with E-state index < -0.39 is 11.9 Å². The average Bonchev–Trinajstić information content (AvgIpc) is 2.48. The molecule has 0 fully saturated rings. The maximum absolute atomic E-state index is 12.1. The summed E-state index contributed by atoms with van der Waals surface area (Å²) < 4.78 is 15.7. The average molecular weight is 320 g/mol. The van der Waals surface area contributed by atoms with Crippen molar-refractivity contribution >= 4 is 18.0 Å². The highest BCUT2D eigenvalue weighted by Gasteiger charge is 2.17. The van der Waals surface area contributed by atoms with Crippen LogP contribution in [0.3, 0.4) is 0 Å². The first-order valence-corrected chi connectivity index (χ1v) is 7.76. The molecule has 1 aromatic carbocycles. The quantitative estimate of drug-likeness (QED) is 0.543. The van der Waals surface area contributed by atoms with Crippen molar-refractivity contribution in [2.75, 3.05) is 13.2 Å². The maximum atomic E-state index is 12.1. The van der Waals surface area contributed by atoms with Gasteiger partial charge in [0.05, 0.1) is 25.7 Å².